The number of nitrogens with one attached hydrogen (secondary N) is 1. The third-order valence-electron chi connectivity index (χ3n) is 3.63. The van der Waals surface area contributed by atoms with E-state index < -0.39 is 6.09 Å². The summed E-state index contributed by atoms with van der Waals surface area (Å²) in [6, 6.07) is 12.7. The van der Waals surface area contributed by atoms with Crippen LogP contribution < -0.4 is 14.8 Å². The molecule has 0 spiro atoms. The minimum Gasteiger partial charge on any atom is -0.496 e. The minimum atomic E-state index is -0.491. The van der Waals surface area contributed by atoms with Crippen molar-refractivity contribution in [3.05, 3.63) is 59.2 Å². The molecule has 0 saturated heterocycles. The zero-order valence-corrected chi connectivity index (χ0v) is 15.3. The van der Waals surface area contributed by atoms with E-state index in [1.54, 1.807) is 12.1 Å². The molecule has 0 heterocycles. The maximum Gasteiger partial charge on any atom is 0.407 e. The first kappa shape index (κ1) is 19.9. The highest BCUT2D eigenvalue weighted by molar-refractivity contribution is 5.81. The van der Waals surface area contributed by atoms with E-state index in [0.29, 0.717) is 41.9 Å². The molecule has 2 rings (SSSR count). The molecule has 0 radical (unpaired) electrons. The lowest BCUT2D eigenvalue weighted by atomic mass is 10.1. The van der Waals surface area contributed by atoms with Crippen molar-refractivity contribution in [2.45, 2.75) is 13.0 Å². The average molecular weight is 367 g/mol. The maximum absolute atomic E-state index is 11.7. The number of carbonyl (C=O) groups is 2. The number of aldehydes is 1. The van der Waals surface area contributed by atoms with E-state index >= 15 is 0 Å². The molecule has 2 aromatic carbocycles. The van der Waals surface area contributed by atoms with Gasteiger partial charge in [-0.1, -0.05) is 42.2 Å². The Hall–Kier alpha value is -3.46. The van der Waals surface area contributed by atoms with Crippen molar-refractivity contribution in [3.63, 3.8) is 0 Å². The summed E-state index contributed by atoms with van der Waals surface area (Å²) in [6.07, 6.45) is 0.639. The van der Waals surface area contributed by atoms with Gasteiger partial charge in [0.25, 0.3) is 0 Å². The predicted molar refractivity (Wildman–Crippen MR) is 101 cm³/mol. The lowest BCUT2D eigenvalue weighted by molar-refractivity contribution is 0.112. The normalized spacial score (nSPS) is 9.56. The SMILES string of the molecule is COc1cc(C=O)c(OC)cc1C#CCCNC(=O)OCc1ccccc1. The van der Waals surface area contributed by atoms with Crippen molar-refractivity contribution in [2.24, 2.45) is 0 Å². The highest BCUT2D eigenvalue weighted by Crippen LogP contribution is 2.27. The van der Waals surface area contributed by atoms with Crippen LogP contribution in [0.1, 0.15) is 27.9 Å². The Kier molecular flexibility index (Phi) is 7.73. The number of benzene rings is 2. The highest BCUT2D eigenvalue weighted by atomic mass is 16.5. The zero-order valence-electron chi connectivity index (χ0n) is 15.3. The summed E-state index contributed by atoms with van der Waals surface area (Å²) in [6.45, 7) is 0.574. The van der Waals surface area contributed by atoms with E-state index in [1.807, 2.05) is 30.3 Å². The highest BCUT2D eigenvalue weighted by Gasteiger charge is 2.09. The van der Waals surface area contributed by atoms with Gasteiger partial charge in [-0.3, -0.25) is 4.79 Å². The summed E-state index contributed by atoms with van der Waals surface area (Å²) in [5.74, 6) is 6.82. The molecule has 140 valence electrons. The molecule has 0 aliphatic heterocycles. The summed E-state index contributed by atoms with van der Waals surface area (Å²) >= 11 is 0. The molecule has 2 aromatic rings. The first-order valence-corrected chi connectivity index (χ1v) is 8.32. The van der Waals surface area contributed by atoms with Crippen LogP contribution in [0.15, 0.2) is 42.5 Å². The number of hydrogen-bond donors (Lipinski definition) is 1. The number of amides is 1. The van der Waals surface area contributed by atoms with Crippen molar-refractivity contribution in [2.75, 3.05) is 20.8 Å². The van der Waals surface area contributed by atoms with Gasteiger partial charge >= 0.3 is 6.09 Å². The minimum absolute atomic E-state index is 0.221. The topological polar surface area (TPSA) is 73.9 Å². The second-order valence-electron chi connectivity index (χ2n) is 5.45. The Morgan fingerprint density at radius 1 is 1.11 bits per heavy atom. The number of hydrogen-bond acceptors (Lipinski definition) is 5. The lowest BCUT2D eigenvalue weighted by Gasteiger charge is -2.08. The third kappa shape index (κ3) is 6.08. The standard InChI is InChI=1S/C21H21NO5/c1-25-19-13-18(14-23)20(26-2)12-17(19)10-6-7-11-22-21(24)27-15-16-8-4-3-5-9-16/h3-5,8-9,12-14H,7,11,15H2,1-2H3,(H,22,24). The first-order chi connectivity index (χ1) is 13.2. The van der Waals surface area contributed by atoms with Crippen molar-refractivity contribution < 1.29 is 23.8 Å². The molecule has 27 heavy (non-hydrogen) atoms. The number of rotatable bonds is 7. The number of carbonyl (C=O) groups excluding carboxylic acids is 2. The Balaban J connectivity index is 1.84. The van der Waals surface area contributed by atoms with Crippen molar-refractivity contribution in [3.8, 4) is 23.3 Å². The van der Waals surface area contributed by atoms with Crippen LogP contribution in [0.25, 0.3) is 0 Å². The fourth-order valence-corrected chi connectivity index (χ4v) is 2.27. The van der Waals surface area contributed by atoms with Crippen LogP contribution >= 0.6 is 0 Å². The smallest absolute Gasteiger partial charge is 0.407 e. The van der Waals surface area contributed by atoms with Crippen molar-refractivity contribution >= 4 is 12.4 Å². The van der Waals surface area contributed by atoms with Crippen LogP contribution in [-0.2, 0) is 11.3 Å². The number of ether oxygens (including phenoxy) is 3. The Labute approximate surface area is 158 Å². The van der Waals surface area contributed by atoms with Crippen LogP contribution in [0.2, 0.25) is 0 Å². The number of methoxy groups -OCH3 is 2. The summed E-state index contributed by atoms with van der Waals surface area (Å²) in [5, 5.41) is 2.64. The van der Waals surface area contributed by atoms with E-state index in [1.165, 1.54) is 14.2 Å². The second kappa shape index (κ2) is 10.5. The van der Waals surface area contributed by atoms with Gasteiger partial charge in [0.1, 0.15) is 18.1 Å². The first-order valence-electron chi connectivity index (χ1n) is 8.32. The van der Waals surface area contributed by atoms with Gasteiger partial charge in [0.05, 0.1) is 25.3 Å². The zero-order chi connectivity index (χ0) is 19.5. The fraction of sp³-hybridized carbons (Fsp3) is 0.238. The second-order valence-corrected chi connectivity index (χ2v) is 5.45. The molecule has 0 aromatic heterocycles. The van der Waals surface area contributed by atoms with Crippen LogP contribution in [0.4, 0.5) is 4.79 Å². The van der Waals surface area contributed by atoms with E-state index in [-0.39, 0.29) is 6.61 Å². The van der Waals surface area contributed by atoms with Crippen molar-refractivity contribution in [1.29, 1.82) is 0 Å². The predicted octanol–water partition coefficient (Wildman–Crippen LogP) is 3.18. The van der Waals surface area contributed by atoms with Crippen molar-refractivity contribution in [1.82, 2.24) is 5.32 Å². The molecule has 1 N–H and O–H groups in total. The van der Waals surface area contributed by atoms with Crippen LogP contribution in [-0.4, -0.2) is 33.1 Å². The average Bonchev–Trinajstić information content (AvgIpc) is 2.72. The quantitative estimate of drug-likeness (QED) is 0.462. The Morgan fingerprint density at radius 2 is 1.85 bits per heavy atom. The lowest BCUT2D eigenvalue weighted by Crippen LogP contribution is -2.24. The van der Waals surface area contributed by atoms with Gasteiger partial charge in [0, 0.05) is 19.0 Å². The molecular formula is C21H21NO5. The summed E-state index contributed by atoms with van der Waals surface area (Å²) in [4.78, 5) is 22.7. The maximum atomic E-state index is 11.7. The largest absolute Gasteiger partial charge is 0.496 e. The van der Waals surface area contributed by atoms with E-state index in [2.05, 4.69) is 17.2 Å². The van der Waals surface area contributed by atoms with Gasteiger partial charge in [-0.05, 0) is 11.6 Å². The van der Waals surface area contributed by atoms with Crippen LogP contribution in [0, 0.1) is 11.8 Å². The molecular weight excluding hydrogens is 346 g/mol. The molecule has 6 heteroatoms. The van der Waals surface area contributed by atoms with E-state index in [0.717, 1.165) is 5.56 Å². The molecule has 6 nitrogen and oxygen atoms in total. The molecule has 1 amide bonds. The Morgan fingerprint density at radius 3 is 2.52 bits per heavy atom. The molecule has 0 unspecified atom stereocenters. The van der Waals surface area contributed by atoms with Gasteiger partial charge in [-0.15, -0.1) is 0 Å². The number of alkyl carbamates (subject to hydrolysis) is 1. The summed E-state index contributed by atoms with van der Waals surface area (Å²) < 4.78 is 15.5. The van der Waals surface area contributed by atoms with Gasteiger partial charge in [0.2, 0.25) is 0 Å². The molecule has 0 atom stereocenters. The molecule has 0 bridgehead atoms. The van der Waals surface area contributed by atoms with E-state index in [4.69, 9.17) is 14.2 Å². The molecule has 0 fully saturated rings. The van der Waals surface area contributed by atoms with Gasteiger partial charge in [0.15, 0.2) is 6.29 Å². The summed E-state index contributed by atoms with van der Waals surface area (Å²) in [7, 11) is 2.99. The fourth-order valence-electron chi connectivity index (χ4n) is 2.27. The van der Waals surface area contributed by atoms with Gasteiger partial charge in [-0.2, -0.15) is 0 Å². The Bertz CT molecular complexity index is 837. The summed E-state index contributed by atoms with van der Waals surface area (Å²) in [5.41, 5.74) is 1.92. The molecule has 0 aliphatic carbocycles. The van der Waals surface area contributed by atoms with Gasteiger partial charge in [-0.25, -0.2) is 4.79 Å². The van der Waals surface area contributed by atoms with Crippen LogP contribution in [0.3, 0.4) is 0 Å². The molecule has 0 saturated carbocycles. The third-order valence-corrected chi connectivity index (χ3v) is 3.63. The monoisotopic (exact) mass is 367 g/mol. The molecule has 0 aliphatic rings. The van der Waals surface area contributed by atoms with E-state index in [9.17, 15) is 9.59 Å². The van der Waals surface area contributed by atoms with Gasteiger partial charge < -0.3 is 19.5 Å². The van der Waals surface area contributed by atoms with Crippen LogP contribution in [0.5, 0.6) is 11.5 Å².